The monoisotopic (exact) mass is 524 g/mol. The Balaban J connectivity index is 1.84. The maximum absolute atomic E-state index is 13.9. The molecule has 1 unspecified atom stereocenters. The van der Waals surface area contributed by atoms with Gasteiger partial charge in [0.25, 0.3) is 5.56 Å². The van der Waals surface area contributed by atoms with Crippen LogP contribution in [0.4, 0.5) is 10.5 Å². The molecule has 2 amide bonds. The van der Waals surface area contributed by atoms with E-state index in [1.165, 1.54) is 0 Å². The molecule has 0 saturated carbocycles. The van der Waals surface area contributed by atoms with Crippen LogP contribution in [0.1, 0.15) is 87.5 Å². The molecule has 0 fully saturated rings. The van der Waals surface area contributed by atoms with Gasteiger partial charge < -0.3 is 10.2 Å². The van der Waals surface area contributed by atoms with Crippen LogP contribution in [-0.4, -0.2) is 27.0 Å². The standard InChI is InChI=1S/C33H40N4O2/c1-9-36(33(39)35-30-26(20(2)3)14-12-15-27(30)21(4)5)24(8)31-34-29-16-11-10-13-28(29)32(38)37(31)25-18-17-22(6)23(7)19-25/h10-21,24H,9H2,1-8H3,(H,35,39). The normalized spacial score (nSPS) is 12.3. The fourth-order valence-electron chi connectivity index (χ4n) is 5.15. The zero-order valence-corrected chi connectivity index (χ0v) is 24.4. The van der Waals surface area contributed by atoms with E-state index < -0.39 is 6.04 Å². The number of hydrogen-bond acceptors (Lipinski definition) is 3. The summed E-state index contributed by atoms with van der Waals surface area (Å²) in [7, 11) is 0. The third-order valence-electron chi connectivity index (χ3n) is 7.60. The molecule has 0 saturated heterocycles. The Kier molecular flexibility index (Phi) is 8.24. The van der Waals surface area contributed by atoms with Crippen molar-refractivity contribution in [1.82, 2.24) is 14.5 Å². The van der Waals surface area contributed by atoms with Crippen LogP contribution >= 0.6 is 0 Å². The third-order valence-corrected chi connectivity index (χ3v) is 7.60. The topological polar surface area (TPSA) is 67.2 Å². The lowest BCUT2D eigenvalue weighted by molar-refractivity contribution is 0.193. The summed E-state index contributed by atoms with van der Waals surface area (Å²) >= 11 is 0. The molecule has 3 aromatic carbocycles. The first kappa shape index (κ1) is 28.1. The van der Waals surface area contributed by atoms with Crippen molar-refractivity contribution in [3.63, 3.8) is 0 Å². The smallest absolute Gasteiger partial charge is 0.315 e. The zero-order valence-electron chi connectivity index (χ0n) is 24.4. The molecule has 0 aliphatic carbocycles. The van der Waals surface area contributed by atoms with E-state index in [1.807, 2.05) is 64.1 Å². The molecular weight excluding hydrogens is 484 g/mol. The van der Waals surface area contributed by atoms with Crippen molar-refractivity contribution in [2.45, 2.75) is 73.3 Å². The number of benzene rings is 3. The average molecular weight is 525 g/mol. The first-order valence-electron chi connectivity index (χ1n) is 13.8. The Morgan fingerprint density at radius 1 is 0.897 bits per heavy atom. The molecule has 4 aromatic rings. The maximum atomic E-state index is 13.9. The molecular formula is C33H40N4O2. The molecule has 0 aliphatic heterocycles. The summed E-state index contributed by atoms with van der Waals surface area (Å²) in [5.41, 5.74) is 6.53. The number of carbonyl (C=O) groups excluding carboxylic acids is 1. The minimum absolute atomic E-state index is 0.144. The van der Waals surface area contributed by atoms with Crippen LogP contribution in [0.3, 0.4) is 0 Å². The Morgan fingerprint density at radius 2 is 1.54 bits per heavy atom. The van der Waals surface area contributed by atoms with Crippen molar-refractivity contribution in [2.75, 3.05) is 11.9 Å². The van der Waals surface area contributed by atoms with E-state index in [4.69, 9.17) is 4.98 Å². The molecule has 204 valence electrons. The molecule has 39 heavy (non-hydrogen) atoms. The van der Waals surface area contributed by atoms with Crippen molar-refractivity contribution < 1.29 is 4.79 Å². The van der Waals surface area contributed by atoms with Crippen molar-refractivity contribution in [3.05, 3.63) is 99.1 Å². The lowest BCUT2D eigenvalue weighted by Gasteiger charge is -2.31. The fourth-order valence-corrected chi connectivity index (χ4v) is 5.15. The minimum Gasteiger partial charge on any atom is -0.315 e. The number of fused-ring (bicyclic) bond motifs is 1. The lowest BCUT2D eigenvalue weighted by atomic mass is 9.93. The SMILES string of the molecule is CCN(C(=O)Nc1c(C(C)C)cccc1C(C)C)C(C)c1nc2ccccc2c(=O)n1-c1ccc(C)c(C)c1. The van der Waals surface area contributed by atoms with Crippen molar-refractivity contribution >= 4 is 22.6 Å². The van der Waals surface area contributed by atoms with Gasteiger partial charge in [0.05, 0.1) is 22.6 Å². The summed E-state index contributed by atoms with van der Waals surface area (Å²) in [5.74, 6) is 1.03. The Labute approximate surface area is 231 Å². The highest BCUT2D eigenvalue weighted by molar-refractivity contribution is 5.91. The van der Waals surface area contributed by atoms with Gasteiger partial charge in [0.1, 0.15) is 5.82 Å². The second-order valence-corrected chi connectivity index (χ2v) is 10.9. The van der Waals surface area contributed by atoms with Gasteiger partial charge in [-0.25, -0.2) is 9.78 Å². The van der Waals surface area contributed by atoms with Gasteiger partial charge in [0.2, 0.25) is 0 Å². The second-order valence-electron chi connectivity index (χ2n) is 10.9. The average Bonchev–Trinajstić information content (AvgIpc) is 2.90. The first-order valence-corrected chi connectivity index (χ1v) is 13.8. The predicted octanol–water partition coefficient (Wildman–Crippen LogP) is 7.86. The van der Waals surface area contributed by atoms with E-state index in [9.17, 15) is 9.59 Å². The molecule has 6 nitrogen and oxygen atoms in total. The quantitative estimate of drug-likeness (QED) is 0.267. The number of rotatable bonds is 7. The molecule has 0 aliphatic rings. The van der Waals surface area contributed by atoms with Crippen molar-refractivity contribution in [1.29, 1.82) is 0 Å². The van der Waals surface area contributed by atoms with E-state index in [0.29, 0.717) is 23.3 Å². The molecule has 4 rings (SSSR count). The van der Waals surface area contributed by atoms with Gasteiger partial charge >= 0.3 is 6.03 Å². The second kappa shape index (κ2) is 11.4. The largest absolute Gasteiger partial charge is 0.322 e. The number of aryl methyl sites for hydroxylation is 2. The van der Waals surface area contributed by atoms with Gasteiger partial charge in [-0.1, -0.05) is 64.1 Å². The molecule has 1 atom stereocenters. The number of hydrogen-bond donors (Lipinski definition) is 1. The van der Waals surface area contributed by atoms with E-state index >= 15 is 0 Å². The summed E-state index contributed by atoms with van der Waals surface area (Å²) in [6, 6.07) is 18.9. The molecule has 0 radical (unpaired) electrons. The van der Waals surface area contributed by atoms with Gasteiger partial charge in [-0.2, -0.15) is 0 Å². The summed E-state index contributed by atoms with van der Waals surface area (Å²) in [4.78, 5) is 34.5. The van der Waals surface area contributed by atoms with Crippen LogP contribution in [0.2, 0.25) is 0 Å². The predicted molar refractivity (Wildman–Crippen MR) is 161 cm³/mol. The zero-order chi connectivity index (χ0) is 28.4. The van der Waals surface area contributed by atoms with E-state index in [-0.39, 0.29) is 23.4 Å². The Hall–Kier alpha value is -3.93. The number of para-hydroxylation sites is 2. The molecule has 1 heterocycles. The van der Waals surface area contributed by atoms with Gasteiger partial charge in [0.15, 0.2) is 0 Å². The van der Waals surface area contributed by atoms with Gasteiger partial charge in [-0.3, -0.25) is 9.36 Å². The number of anilines is 1. The maximum Gasteiger partial charge on any atom is 0.322 e. The van der Waals surface area contributed by atoms with Gasteiger partial charge in [0, 0.05) is 12.2 Å². The van der Waals surface area contributed by atoms with Crippen LogP contribution in [0.15, 0.2) is 65.5 Å². The van der Waals surface area contributed by atoms with E-state index in [2.05, 4.69) is 51.2 Å². The molecule has 0 spiro atoms. The number of aromatic nitrogens is 2. The number of amides is 2. The summed E-state index contributed by atoms with van der Waals surface area (Å²) in [6.45, 7) is 17.0. The molecule has 0 bridgehead atoms. The summed E-state index contributed by atoms with van der Waals surface area (Å²) in [5, 5.41) is 3.79. The van der Waals surface area contributed by atoms with Crippen molar-refractivity contribution in [3.8, 4) is 5.69 Å². The summed E-state index contributed by atoms with van der Waals surface area (Å²) < 4.78 is 1.66. The van der Waals surface area contributed by atoms with Crippen LogP contribution in [-0.2, 0) is 0 Å². The number of urea groups is 1. The number of carbonyl (C=O) groups is 1. The lowest BCUT2D eigenvalue weighted by Crippen LogP contribution is -2.40. The Morgan fingerprint density at radius 3 is 2.13 bits per heavy atom. The van der Waals surface area contributed by atoms with Gasteiger partial charge in [-0.15, -0.1) is 0 Å². The summed E-state index contributed by atoms with van der Waals surface area (Å²) in [6.07, 6.45) is 0. The van der Waals surface area contributed by atoms with Crippen LogP contribution in [0.5, 0.6) is 0 Å². The van der Waals surface area contributed by atoms with Crippen LogP contribution < -0.4 is 10.9 Å². The fraction of sp³-hybridized carbons (Fsp3) is 0.364. The third kappa shape index (κ3) is 5.47. The minimum atomic E-state index is -0.470. The number of nitrogens with zero attached hydrogens (tertiary/aromatic N) is 3. The molecule has 1 aromatic heterocycles. The molecule has 1 N–H and O–H groups in total. The van der Waals surface area contributed by atoms with Gasteiger partial charge in [-0.05, 0) is 86.1 Å². The highest BCUT2D eigenvalue weighted by atomic mass is 16.2. The highest BCUT2D eigenvalue weighted by Gasteiger charge is 2.27. The van der Waals surface area contributed by atoms with E-state index in [0.717, 1.165) is 33.6 Å². The van der Waals surface area contributed by atoms with Crippen molar-refractivity contribution in [2.24, 2.45) is 0 Å². The van der Waals surface area contributed by atoms with Crippen LogP contribution in [0.25, 0.3) is 16.6 Å². The van der Waals surface area contributed by atoms with E-state index in [1.54, 1.807) is 15.5 Å². The first-order chi connectivity index (χ1) is 18.5. The highest BCUT2D eigenvalue weighted by Crippen LogP contribution is 2.33. The molecule has 6 heteroatoms. The number of nitrogens with one attached hydrogen (secondary N) is 1. The van der Waals surface area contributed by atoms with Crippen LogP contribution in [0, 0.1) is 13.8 Å². The Bertz CT molecular complexity index is 1540.